The number of rotatable bonds is 3. The van der Waals surface area contributed by atoms with Gasteiger partial charge >= 0.3 is 0 Å². The summed E-state index contributed by atoms with van der Waals surface area (Å²) in [5, 5.41) is 3.40. The molecule has 1 aromatic carbocycles. The second-order valence-electron chi connectivity index (χ2n) is 5.12. The van der Waals surface area contributed by atoms with E-state index in [4.69, 9.17) is 0 Å². The first-order valence-electron chi connectivity index (χ1n) is 6.81. The molecule has 4 heteroatoms. The molecule has 1 aromatic rings. The molecule has 1 aliphatic heterocycles. The lowest BCUT2D eigenvalue weighted by Gasteiger charge is -2.38. The molecule has 0 aromatic heterocycles. The van der Waals surface area contributed by atoms with Crippen LogP contribution in [0.3, 0.4) is 0 Å². The Morgan fingerprint density at radius 2 is 2.16 bits per heavy atom. The van der Waals surface area contributed by atoms with E-state index < -0.39 is 0 Å². The maximum atomic E-state index is 12.3. The third-order valence-electron chi connectivity index (χ3n) is 3.80. The number of piperazine rings is 1. The molecule has 1 aliphatic rings. The van der Waals surface area contributed by atoms with Crippen LogP contribution in [0.1, 0.15) is 19.4 Å². The molecule has 1 N–H and O–H groups in total. The monoisotopic (exact) mass is 278 g/mol. The van der Waals surface area contributed by atoms with Crippen molar-refractivity contribution in [3.63, 3.8) is 0 Å². The third-order valence-corrected chi connectivity index (χ3v) is 4.96. The molecule has 1 saturated heterocycles. The van der Waals surface area contributed by atoms with Gasteiger partial charge in [0.2, 0.25) is 5.91 Å². The highest BCUT2D eigenvalue weighted by Crippen LogP contribution is 2.22. The zero-order chi connectivity index (χ0) is 13.8. The fourth-order valence-electron chi connectivity index (χ4n) is 2.35. The second kappa shape index (κ2) is 6.44. The van der Waals surface area contributed by atoms with Crippen LogP contribution in [0.15, 0.2) is 29.2 Å². The first-order chi connectivity index (χ1) is 9.09. The van der Waals surface area contributed by atoms with Gasteiger partial charge in [-0.25, -0.2) is 0 Å². The van der Waals surface area contributed by atoms with Crippen LogP contribution in [0.25, 0.3) is 0 Å². The number of hydrogen-bond acceptors (Lipinski definition) is 3. The molecule has 0 spiro atoms. The van der Waals surface area contributed by atoms with Gasteiger partial charge in [-0.1, -0.05) is 18.2 Å². The quantitative estimate of drug-likeness (QED) is 0.861. The highest BCUT2D eigenvalue weighted by atomic mass is 32.2. The van der Waals surface area contributed by atoms with Gasteiger partial charge in [-0.05, 0) is 32.4 Å². The van der Waals surface area contributed by atoms with E-state index in [1.807, 2.05) is 17.0 Å². The van der Waals surface area contributed by atoms with Crippen molar-refractivity contribution in [1.82, 2.24) is 10.2 Å². The van der Waals surface area contributed by atoms with Crippen LogP contribution < -0.4 is 5.32 Å². The molecule has 2 unspecified atom stereocenters. The highest BCUT2D eigenvalue weighted by molar-refractivity contribution is 8.00. The van der Waals surface area contributed by atoms with Gasteiger partial charge in [0.05, 0.1) is 5.75 Å². The van der Waals surface area contributed by atoms with Crippen molar-refractivity contribution >= 4 is 17.7 Å². The van der Waals surface area contributed by atoms with E-state index in [1.54, 1.807) is 11.8 Å². The lowest BCUT2D eigenvalue weighted by molar-refractivity contribution is -0.131. The fourth-order valence-corrected chi connectivity index (χ4v) is 3.26. The van der Waals surface area contributed by atoms with Gasteiger partial charge in [0.25, 0.3) is 0 Å². The summed E-state index contributed by atoms with van der Waals surface area (Å²) in [4.78, 5) is 15.5. The predicted octanol–water partition coefficient (Wildman–Crippen LogP) is 2.30. The van der Waals surface area contributed by atoms with Crippen LogP contribution in [0.4, 0.5) is 0 Å². The number of nitrogens with one attached hydrogen (secondary N) is 1. The summed E-state index contributed by atoms with van der Waals surface area (Å²) in [6, 6.07) is 8.87. The Morgan fingerprint density at radius 3 is 2.89 bits per heavy atom. The number of amides is 1. The van der Waals surface area contributed by atoms with E-state index in [-0.39, 0.29) is 11.9 Å². The summed E-state index contributed by atoms with van der Waals surface area (Å²) in [5.74, 6) is 0.774. The summed E-state index contributed by atoms with van der Waals surface area (Å²) in [6.07, 6.45) is 0. The molecule has 2 atom stereocenters. The van der Waals surface area contributed by atoms with Gasteiger partial charge in [-0.3, -0.25) is 4.79 Å². The average Bonchev–Trinajstić information content (AvgIpc) is 2.40. The topological polar surface area (TPSA) is 32.3 Å². The van der Waals surface area contributed by atoms with Gasteiger partial charge in [-0.2, -0.15) is 0 Å². The smallest absolute Gasteiger partial charge is 0.233 e. The minimum atomic E-state index is 0.245. The van der Waals surface area contributed by atoms with Gasteiger partial charge in [0, 0.05) is 30.1 Å². The largest absolute Gasteiger partial charge is 0.336 e. The molecule has 1 amide bonds. The maximum Gasteiger partial charge on any atom is 0.233 e. The Labute approximate surface area is 119 Å². The number of benzene rings is 1. The van der Waals surface area contributed by atoms with Crippen LogP contribution in [-0.4, -0.2) is 41.7 Å². The first-order valence-corrected chi connectivity index (χ1v) is 7.79. The van der Waals surface area contributed by atoms with Crippen molar-refractivity contribution in [3.8, 4) is 0 Å². The van der Waals surface area contributed by atoms with Gasteiger partial charge in [-0.15, -0.1) is 11.8 Å². The fraction of sp³-hybridized carbons (Fsp3) is 0.533. The molecule has 1 fully saturated rings. The predicted molar refractivity (Wildman–Crippen MR) is 80.5 cm³/mol. The van der Waals surface area contributed by atoms with Crippen LogP contribution in [0.2, 0.25) is 0 Å². The molecule has 0 aliphatic carbocycles. The molecule has 104 valence electrons. The standard InChI is InChI=1S/C15H22N2OS/c1-11-6-4-5-7-14(11)19-10-15(18)17-9-8-16-12(2)13(17)3/h4-7,12-13,16H,8-10H2,1-3H3. The number of hydrogen-bond donors (Lipinski definition) is 1. The van der Waals surface area contributed by atoms with E-state index in [2.05, 4.69) is 38.2 Å². The van der Waals surface area contributed by atoms with Crippen molar-refractivity contribution in [3.05, 3.63) is 29.8 Å². The average molecular weight is 278 g/mol. The van der Waals surface area contributed by atoms with Gasteiger partial charge in [0.15, 0.2) is 0 Å². The molecule has 2 rings (SSSR count). The van der Waals surface area contributed by atoms with E-state index in [0.29, 0.717) is 11.8 Å². The SMILES string of the molecule is Cc1ccccc1SCC(=O)N1CCNC(C)C1C. The van der Waals surface area contributed by atoms with Crippen LogP contribution in [0.5, 0.6) is 0 Å². The second-order valence-corrected chi connectivity index (χ2v) is 6.14. The number of thioether (sulfide) groups is 1. The first kappa shape index (κ1) is 14.4. The minimum Gasteiger partial charge on any atom is -0.336 e. The summed E-state index contributed by atoms with van der Waals surface area (Å²) in [6.45, 7) is 8.05. The van der Waals surface area contributed by atoms with E-state index in [1.165, 1.54) is 10.5 Å². The molecule has 0 bridgehead atoms. The molecule has 1 heterocycles. The van der Waals surface area contributed by atoms with Crippen LogP contribution in [0, 0.1) is 6.92 Å². The zero-order valence-electron chi connectivity index (χ0n) is 11.8. The highest BCUT2D eigenvalue weighted by Gasteiger charge is 2.27. The molecule has 19 heavy (non-hydrogen) atoms. The van der Waals surface area contributed by atoms with Gasteiger partial charge < -0.3 is 10.2 Å². The Bertz CT molecular complexity index is 450. The molecular weight excluding hydrogens is 256 g/mol. The summed E-state index contributed by atoms with van der Waals surface area (Å²) < 4.78 is 0. The van der Waals surface area contributed by atoms with Crippen molar-refractivity contribution in [2.75, 3.05) is 18.8 Å². The molecule has 0 saturated carbocycles. The maximum absolute atomic E-state index is 12.3. The van der Waals surface area contributed by atoms with Crippen LogP contribution in [-0.2, 0) is 4.79 Å². The Kier molecular flexibility index (Phi) is 4.88. The lowest BCUT2D eigenvalue weighted by Crippen LogP contribution is -2.57. The molecular formula is C15H22N2OS. The van der Waals surface area contributed by atoms with E-state index in [9.17, 15) is 4.79 Å². The molecule has 0 radical (unpaired) electrons. The van der Waals surface area contributed by atoms with Crippen LogP contribution >= 0.6 is 11.8 Å². The number of nitrogens with zero attached hydrogens (tertiary/aromatic N) is 1. The third kappa shape index (κ3) is 3.51. The summed E-state index contributed by atoms with van der Waals surface area (Å²) in [7, 11) is 0. The van der Waals surface area contributed by atoms with Crippen molar-refractivity contribution < 1.29 is 4.79 Å². The van der Waals surface area contributed by atoms with Crippen molar-refractivity contribution in [2.24, 2.45) is 0 Å². The van der Waals surface area contributed by atoms with Crippen molar-refractivity contribution in [2.45, 2.75) is 37.8 Å². The van der Waals surface area contributed by atoms with E-state index >= 15 is 0 Å². The Hall–Kier alpha value is -1.00. The number of carbonyl (C=O) groups is 1. The zero-order valence-corrected chi connectivity index (χ0v) is 12.7. The van der Waals surface area contributed by atoms with Crippen molar-refractivity contribution in [1.29, 1.82) is 0 Å². The lowest BCUT2D eigenvalue weighted by atomic mass is 10.1. The summed E-state index contributed by atoms with van der Waals surface area (Å²) in [5.41, 5.74) is 1.24. The number of carbonyl (C=O) groups excluding carboxylic acids is 1. The molecule has 3 nitrogen and oxygen atoms in total. The van der Waals surface area contributed by atoms with Gasteiger partial charge in [0.1, 0.15) is 0 Å². The normalized spacial score (nSPS) is 23.4. The Balaban J connectivity index is 1.92. The van der Waals surface area contributed by atoms with E-state index in [0.717, 1.165) is 13.1 Å². The Morgan fingerprint density at radius 1 is 1.42 bits per heavy atom. The summed E-state index contributed by atoms with van der Waals surface area (Å²) >= 11 is 1.64. The number of aryl methyl sites for hydroxylation is 1. The minimum absolute atomic E-state index is 0.245.